The molecule has 2 aliphatic carbocycles. The molecule has 37 heavy (non-hydrogen) atoms. The molecular weight excluding hydrogens is 488 g/mol. The number of carbonyl (C=O) groups excluding carboxylic acids is 4. The van der Waals surface area contributed by atoms with E-state index < -0.39 is 58.4 Å². The molecule has 190 valence electrons. The SMILES string of the molecule is O=C(COC(=O)C1C2C=CC(C2)C1C(=O)OCC(=O)c1cccc([N+](=O)[O-])c1)c1cccc([N+](=O)[O-])c1. The number of carbonyl (C=O) groups is 4. The van der Waals surface area contributed by atoms with Crippen LogP contribution in [0.1, 0.15) is 27.1 Å². The van der Waals surface area contributed by atoms with E-state index in [1.165, 1.54) is 36.4 Å². The van der Waals surface area contributed by atoms with Crippen LogP contribution in [-0.4, -0.2) is 46.6 Å². The van der Waals surface area contributed by atoms with Crippen LogP contribution < -0.4 is 0 Å². The van der Waals surface area contributed by atoms with Gasteiger partial charge in [0.15, 0.2) is 13.2 Å². The minimum absolute atomic E-state index is 0.00505. The van der Waals surface area contributed by atoms with Crippen LogP contribution in [0.2, 0.25) is 0 Å². The second kappa shape index (κ2) is 10.5. The molecule has 2 aromatic carbocycles. The molecule has 0 aliphatic heterocycles. The molecule has 12 heteroatoms. The molecule has 4 unspecified atom stereocenters. The van der Waals surface area contributed by atoms with Crippen LogP contribution in [0.3, 0.4) is 0 Å². The van der Waals surface area contributed by atoms with E-state index >= 15 is 0 Å². The highest BCUT2D eigenvalue weighted by Gasteiger charge is 2.53. The third-order valence-electron chi connectivity index (χ3n) is 6.45. The van der Waals surface area contributed by atoms with Crippen molar-refractivity contribution in [2.75, 3.05) is 13.2 Å². The van der Waals surface area contributed by atoms with Crippen molar-refractivity contribution in [1.82, 2.24) is 0 Å². The average molecular weight is 508 g/mol. The normalized spacial score (nSPS) is 21.3. The third-order valence-corrected chi connectivity index (χ3v) is 6.45. The number of hydrogen-bond acceptors (Lipinski definition) is 10. The lowest BCUT2D eigenvalue weighted by Crippen LogP contribution is -2.36. The fourth-order valence-corrected chi connectivity index (χ4v) is 4.68. The van der Waals surface area contributed by atoms with Crippen molar-refractivity contribution in [3.8, 4) is 0 Å². The number of non-ortho nitro benzene ring substituents is 2. The number of fused-ring (bicyclic) bond motifs is 2. The predicted molar refractivity (Wildman–Crippen MR) is 124 cm³/mol. The van der Waals surface area contributed by atoms with Gasteiger partial charge in [0.05, 0.1) is 21.7 Å². The molecule has 0 radical (unpaired) electrons. The van der Waals surface area contributed by atoms with Crippen LogP contribution in [0, 0.1) is 43.9 Å². The smallest absolute Gasteiger partial charge is 0.310 e. The van der Waals surface area contributed by atoms with Gasteiger partial charge in [-0.25, -0.2) is 0 Å². The van der Waals surface area contributed by atoms with E-state index in [2.05, 4.69) is 0 Å². The number of esters is 2. The van der Waals surface area contributed by atoms with Gasteiger partial charge in [-0.3, -0.25) is 39.4 Å². The molecule has 2 aliphatic rings. The number of nitro groups is 2. The molecule has 4 atom stereocenters. The number of nitrogens with zero attached hydrogens (tertiary/aromatic N) is 2. The molecule has 0 amide bonds. The summed E-state index contributed by atoms with van der Waals surface area (Å²) in [5.41, 5.74) is -0.549. The largest absolute Gasteiger partial charge is 0.457 e. The van der Waals surface area contributed by atoms with Crippen molar-refractivity contribution in [2.24, 2.45) is 23.7 Å². The number of ketones is 2. The number of ether oxygens (including phenoxy) is 2. The van der Waals surface area contributed by atoms with Gasteiger partial charge in [-0.15, -0.1) is 0 Å². The van der Waals surface area contributed by atoms with E-state index in [1.807, 2.05) is 0 Å². The zero-order valence-corrected chi connectivity index (χ0v) is 19.2. The van der Waals surface area contributed by atoms with Crippen molar-refractivity contribution in [2.45, 2.75) is 6.42 Å². The molecule has 4 rings (SSSR count). The van der Waals surface area contributed by atoms with Gasteiger partial charge >= 0.3 is 11.9 Å². The topological polar surface area (TPSA) is 173 Å². The van der Waals surface area contributed by atoms with Crippen LogP contribution in [0.5, 0.6) is 0 Å². The van der Waals surface area contributed by atoms with E-state index in [1.54, 1.807) is 12.2 Å². The highest BCUT2D eigenvalue weighted by molar-refractivity contribution is 5.99. The van der Waals surface area contributed by atoms with Crippen molar-refractivity contribution in [3.05, 3.63) is 92.0 Å². The molecule has 0 aromatic heterocycles. The Bertz CT molecular complexity index is 1230. The number of hydrogen-bond donors (Lipinski definition) is 0. The van der Waals surface area contributed by atoms with Crippen molar-refractivity contribution in [1.29, 1.82) is 0 Å². The monoisotopic (exact) mass is 508 g/mol. The van der Waals surface area contributed by atoms with Crippen LogP contribution >= 0.6 is 0 Å². The summed E-state index contributed by atoms with van der Waals surface area (Å²) in [7, 11) is 0. The lowest BCUT2D eigenvalue weighted by atomic mass is 9.83. The Morgan fingerprint density at radius 3 is 1.51 bits per heavy atom. The Hall–Kier alpha value is -4.74. The van der Waals surface area contributed by atoms with Gasteiger partial charge in [0, 0.05) is 35.4 Å². The number of allylic oxidation sites excluding steroid dienone is 2. The van der Waals surface area contributed by atoms with Crippen molar-refractivity contribution < 1.29 is 38.5 Å². The number of rotatable bonds is 10. The van der Waals surface area contributed by atoms with Crippen LogP contribution in [0.25, 0.3) is 0 Å². The lowest BCUT2D eigenvalue weighted by molar-refractivity contribution is -0.385. The highest BCUT2D eigenvalue weighted by Crippen LogP contribution is 2.49. The quantitative estimate of drug-likeness (QED) is 0.152. The van der Waals surface area contributed by atoms with Crippen molar-refractivity contribution >= 4 is 34.9 Å². The summed E-state index contributed by atoms with van der Waals surface area (Å²) in [6, 6.07) is 10.0. The van der Waals surface area contributed by atoms with Crippen LogP contribution in [-0.2, 0) is 19.1 Å². The molecule has 2 bridgehead atoms. The Labute approximate surface area is 209 Å². The molecule has 2 aromatic rings. The van der Waals surface area contributed by atoms with E-state index in [0.29, 0.717) is 6.42 Å². The van der Waals surface area contributed by atoms with Gasteiger partial charge in [0.2, 0.25) is 11.6 Å². The minimum Gasteiger partial charge on any atom is -0.457 e. The van der Waals surface area contributed by atoms with E-state index in [0.717, 1.165) is 12.1 Å². The van der Waals surface area contributed by atoms with E-state index in [9.17, 15) is 39.4 Å². The zero-order chi connectivity index (χ0) is 26.7. The van der Waals surface area contributed by atoms with Crippen LogP contribution in [0.15, 0.2) is 60.7 Å². The molecule has 12 nitrogen and oxygen atoms in total. The first-order chi connectivity index (χ1) is 17.7. The molecule has 0 spiro atoms. The Kier molecular flexibility index (Phi) is 7.18. The molecule has 0 heterocycles. The van der Waals surface area contributed by atoms with Gasteiger partial charge < -0.3 is 9.47 Å². The lowest BCUT2D eigenvalue weighted by Gasteiger charge is -2.24. The summed E-state index contributed by atoms with van der Waals surface area (Å²) in [4.78, 5) is 71.1. The standard InChI is InChI=1S/C25H20N2O10/c28-20(14-3-1-5-18(10-14)26(32)33)12-36-24(30)22-16-7-8-17(9-16)23(22)25(31)37-13-21(29)15-4-2-6-19(11-15)27(34)35/h1-8,10-11,16-17,22-23H,9,12-13H2. The maximum atomic E-state index is 12.9. The van der Waals surface area contributed by atoms with E-state index in [-0.39, 0.29) is 34.3 Å². The van der Waals surface area contributed by atoms with Gasteiger partial charge in [-0.1, -0.05) is 36.4 Å². The minimum atomic E-state index is -0.923. The Morgan fingerprint density at radius 1 is 0.730 bits per heavy atom. The number of Topliss-reactive ketones (excluding diaryl/α,β-unsaturated/α-hetero) is 2. The summed E-state index contributed by atoms with van der Waals surface area (Å²) in [5.74, 6) is -5.33. The second-order valence-electron chi connectivity index (χ2n) is 8.68. The zero-order valence-electron chi connectivity index (χ0n) is 19.2. The van der Waals surface area contributed by atoms with Gasteiger partial charge in [0.25, 0.3) is 11.4 Å². The Balaban J connectivity index is 1.38. The first kappa shape index (κ1) is 25.4. The van der Waals surface area contributed by atoms with E-state index in [4.69, 9.17) is 9.47 Å². The molecule has 1 saturated carbocycles. The first-order valence-electron chi connectivity index (χ1n) is 11.2. The first-order valence-corrected chi connectivity index (χ1v) is 11.2. The molecule has 0 N–H and O–H groups in total. The summed E-state index contributed by atoms with van der Waals surface area (Å²) in [5, 5.41) is 21.8. The second-order valence-corrected chi connectivity index (χ2v) is 8.68. The summed E-state index contributed by atoms with van der Waals surface area (Å²) < 4.78 is 10.4. The molecule has 0 saturated heterocycles. The highest BCUT2D eigenvalue weighted by atomic mass is 16.6. The maximum Gasteiger partial charge on any atom is 0.310 e. The summed E-state index contributed by atoms with van der Waals surface area (Å²) in [6.45, 7) is -1.32. The van der Waals surface area contributed by atoms with Gasteiger partial charge in [-0.2, -0.15) is 0 Å². The summed E-state index contributed by atoms with van der Waals surface area (Å²) in [6.07, 6.45) is 4.07. The Morgan fingerprint density at radius 2 is 1.14 bits per heavy atom. The number of nitro benzene ring substituents is 2. The fraction of sp³-hybridized carbons (Fsp3) is 0.280. The van der Waals surface area contributed by atoms with Gasteiger partial charge in [0.1, 0.15) is 0 Å². The maximum absolute atomic E-state index is 12.9. The van der Waals surface area contributed by atoms with Crippen LogP contribution in [0.4, 0.5) is 11.4 Å². The average Bonchev–Trinajstić information content (AvgIpc) is 3.52. The molecule has 1 fully saturated rings. The van der Waals surface area contributed by atoms with Crippen molar-refractivity contribution in [3.63, 3.8) is 0 Å². The fourth-order valence-electron chi connectivity index (χ4n) is 4.68. The number of benzene rings is 2. The molecular formula is C25H20N2O10. The third kappa shape index (κ3) is 5.42. The summed E-state index contributed by atoms with van der Waals surface area (Å²) >= 11 is 0. The predicted octanol–water partition coefficient (Wildman–Crippen LogP) is 3.09. The van der Waals surface area contributed by atoms with Gasteiger partial charge in [-0.05, 0) is 18.3 Å².